The summed E-state index contributed by atoms with van der Waals surface area (Å²) in [6.07, 6.45) is 4.59. The predicted octanol–water partition coefficient (Wildman–Crippen LogP) is 2.30. The number of allylic oxidation sites excluding steroid dienone is 2. The second-order valence-corrected chi connectivity index (χ2v) is 7.00. The molecular formula is C19H18ClFN2O5. The Kier molecular flexibility index (Phi) is 6.08. The van der Waals surface area contributed by atoms with Crippen LogP contribution in [0.2, 0.25) is 5.02 Å². The number of anilines is 1. The van der Waals surface area contributed by atoms with Gasteiger partial charge in [-0.25, -0.2) is 4.39 Å². The van der Waals surface area contributed by atoms with E-state index in [1.54, 1.807) is 0 Å². The number of carbonyl (C=O) groups excluding carboxylic acids is 4. The van der Waals surface area contributed by atoms with Crippen LogP contribution in [-0.4, -0.2) is 41.7 Å². The summed E-state index contributed by atoms with van der Waals surface area (Å²) in [7, 11) is 0. The van der Waals surface area contributed by atoms with Crippen molar-refractivity contribution in [1.82, 2.24) is 4.90 Å². The molecule has 7 nitrogen and oxygen atoms in total. The second-order valence-electron chi connectivity index (χ2n) is 6.57. The highest BCUT2D eigenvalue weighted by Gasteiger charge is 2.46. The van der Waals surface area contributed by atoms with Crippen molar-refractivity contribution in [3.63, 3.8) is 0 Å². The van der Waals surface area contributed by atoms with Gasteiger partial charge in [-0.15, -0.1) is 0 Å². The van der Waals surface area contributed by atoms with Crippen molar-refractivity contribution in [2.24, 2.45) is 11.8 Å². The van der Waals surface area contributed by atoms with Gasteiger partial charge in [0.1, 0.15) is 5.82 Å². The summed E-state index contributed by atoms with van der Waals surface area (Å²) in [5.41, 5.74) is -0.127. The zero-order chi connectivity index (χ0) is 20.3. The normalized spacial score (nSPS) is 20.9. The molecule has 28 heavy (non-hydrogen) atoms. The molecule has 0 saturated carbocycles. The van der Waals surface area contributed by atoms with Gasteiger partial charge in [-0.05, 0) is 31.0 Å². The lowest BCUT2D eigenvalue weighted by Crippen LogP contribution is -2.33. The molecule has 0 spiro atoms. The molecule has 0 aromatic heterocycles. The number of likely N-dealkylation sites (tertiary alicyclic amines) is 1. The summed E-state index contributed by atoms with van der Waals surface area (Å²) < 4.78 is 18.4. The van der Waals surface area contributed by atoms with E-state index in [0.717, 1.165) is 11.0 Å². The van der Waals surface area contributed by atoms with E-state index in [-0.39, 0.29) is 47.3 Å². The van der Waals surface area contributed by atoms with Gasteiger partial charge in [0.25, 0.3) is 5.91 Å². The van der Waals surface area contributed by atoms with Gasteiger partial charge in [-0.1, -0.05) is 23.8 Å². The topological polar surface area (TPSA) is 92.8 Å². The summed E-state index contributed by atoms with van der Waals surface area (Å²) in [6, 6.07) is 3.66. The summed E-state index contributed by atoms with van der Waals surface area (Å²) in [6.45, 7) is -0.712. The third-order valence-corrected chi connectivity index (χ3v) is 4.94. The van der Waals surface area contributed by atoms with Crippen molar-refractivity contribution < 1.29 is 28.3 Å². The quantitative estimate of drug-likeness (QED) is 0.443. The predicted molar refractivity (Wildman–Crippen MR) is 97.7 cm³/mol. The Morgan fingerprint density at radius 3 is 2.46 bits per heavy atom. The van der Waals surface area contributed by atoms with E-state index in [4.69, 9.17) is 16.3 Å². The Balaban J connectivity index is 1.45. The van der Waals surface area contributed by atoms with Gasteiger partial charge < -0.3 is 10.1 Å². The van der Waals surface area contributed by atoms with Crippen molar-refractivity contribution in [3.8, 4) is 0 Å². The molecule has 2 atom stereocenters. The fourth-order valence-corrected chi connectivity index (χ4v) is 3.46. The average molecular weight is 409 g/mol. The maximum absolute atomic E-state index is 13.6. The number of carbonyl (C=O) groups is 4. The maximum atomic E-state index is 13.6. The molecule has 1 aromatic rings. The molecule has 0 unspecified atom stereocenters. The van der Waals surface area contributed by atoms with Crippen LogP contribution in [0.1, 0.15) is 19.3 Å². The van der Waals surface area contributed by atoms with E-state index in [0.29, 0.717) is 12.8 Å². The third-order valence-electron chi connectivity index (χ3n) is 4.71. The standard InChI is InChI=1S/C19H18ClFN2O5/c20-11-5-6-14(21)15(9-11)22-16(24)10-28-17(25)7-8-23-18(26)12-3-1-2-4-13(12)19(23)27/h1-2,5-6,9,12-13H,3-4,7-8,10H2,(H,22,24)/t12-,13-/m0/s1. The van der Waals surface area contributed by atoms with Crippen LogP contribution < -0.4 is 5.32 Å². The lowest BCUT2D eigenvalue weighted by Gasteiger charge is -2.14. The molecule has 1 aliphatic carbocycles. The summed E-state index contributed by atoms with van der Waals surface area (Å²) in [5, 5.41) is 2.49. The Hall–Kier alpha value is -2.74. The van der Waals surface area contributed by atoms with Gasteiger partial charge in [-0.3, -0.25) is 24.1 Å². The number of imide groups is 1. The van der Waals surface area contributed by atoms with Crippen LogP contribution in [-0.2, 0) is 23.9 Å². The second kappa shape index (κ2) is 8.52. The van der Waals surface area contributed by atoms with Crippen molar-refractivity contribution in [2.45, 2.75) is 19.3 Å². The Bertz CT molecular complexity index is 831. The highest BCUT2D eigenvalue weighted by atomic mass is 35.5. The van der Waals surface area contributed by atoms with E-state index < -0.39 is 24.3 Å². The number of amides is 3. The molecule has 1 aliphatic heterocycles. The van der Waals surface area contributed by atoms with Crippen molar-refractivity contribution >= 4 is 41.0 Å². The van der Waals surface area contributed by atoms with Crippen LogP contribution in [0, 0.1) is 17.7 Å². The largest absolute Gasteiger partial charge is 0.456 e. The number of fused-ring (bicyclic) bond motifs is 1. The number of halogens is 2. The lowest BCUT2D eigenvalue weighted by atomic mass is 9.85. The van der Waals surface area contributed by atoms with E-state index in [2.05, 4.69) is 5.32 Å². The van der Waals surface area contributed by atoms with Crippen LogP contribution >= 0.6 is 11.6 Å². The van der Waals surface area contributed by atoms with E-state index >= 15 is 0 Å². The van der Waals surface area contributed by atoms with Crippen LogP contribution in [0.5, 0.6) is 0 Å². The number of rotatable bonds is 6. The molecule has 0 radical (unpaired) electrons. The number of benzene rings is 1. The molecule has 9 heteroatoms. The molecule has 1 saturated heterocycles. The van der Waals surface area contributed by atoms with Gasteiger partial charge >= 0.3 is 5.97 Å². The average Bonchev–Trinajstić information content (AvgIpc) is 2.92. The first-order chi connectivity index (χ1) is 13.4. The van der Waals surface area contributed by atoms with Crippen LogP contribution in [0.3, 0.4) is 0 Å². The molecule has 3 rings (SSSR count). The zero-order valence-electron chi connectivity index (χ0n) is 14.8. The summed E-state index contributed by atoms with van der Waals surface area (Å²) in [5.74, 6) is -3.41. The fourth-order valence-electron chi connectivity index (χ4n) is 3.29. The smallest absolute Gasteiger partial charge is 0.308 e. The Morgan fingerprint density at radius 1 is 1.18 bits per heavy atom. The zero-order valence-corrected chi connectivity index (χ0v) is 15.6. The number of hydrogen-bond acceptors (Lipinski definition) is 5. The number of hydrogen-bond donors (Lipinski definition) is 1. The van der Waals surface area contributed by atoms with Gasteiger partial charge in [0.2, 0.25) is 11.8 Å². The number of nitrogens with one attached hydrogen (secondary N) is 1. The lowest BCUT2D eigenvalue weighted by molar-refractivity contribution is -0.148. The maximum Gasteiger partial charge on any atom is 0.308 e. The Morgan fingerprint density at radius 2 is 1.82 bits per heavy atom. The minimum absolute atomic E-state index is 0.0892. The molecule has 2 aliphatic rings. The summed E-state index contributed by atoms with van der Waals surface area (Å²) >= 11 is 5.73. The van der Waals surface area contributed by atoms with Crippen LogP contribution in [0.25, 0.3) is 0 Å². The molecule has 148 valence electrons. The summed E-state index contributed by atoms with van der Waals surface area (Å²) in [4.78, 5) is 49.3. The molecule has 0 bridgehead atoms. The monoisotopic (exact) mass is 408 g/mol. The third kappa shape index (κ3) is 4.39. The number of esters is 1. The molecule has 1 N–H and O–H groups in total. The van der Waals surface area contributed by atoms with Crippen LogP contribution in [0.15, 0.2) is 30.4 Å². The fraction of sp³-hybridized carbons (Fsp3) is 0.368. The van der Waals surface area contributed by atoms with Gasteiger partial charge in [0.05, 0.1) is 23.9 Å². The van der Waals surface area contributed by atoms with Gasteiger partial charge in [-0.2, -0.15) is 0 Å². The van der Waals surface area contributed by atoms with Gasteiger partial charge in [0, 0.05) is 11.6 Å². The van der Waals surface area contributed by atoms with Crippen molar-refractivity contribution in [2.75, 3.05) is 18.5 Å². The number of ether oxygens (including phenoxy) is 1. The number of nitrogens with zero attached hydrogens (tertiary/aromatic N) is 1. The molecule has 3 amide bonds. The minimum Gasteiger partial charge on any atom is -0.456 e. The van der Waals surface area contributed by atoms with Crippen molar-refractivity contribution in [3.05, 3.63) is 41.2 Å². The highest BCUT2D eigenvalue weighted by Crippen LogP contribution is 2.35. The van der Waals surface area contributed by atoms with E-state index in [9.17, 15) is 23.6 Å². The van der Waals surface area contributed by atoms with E-state index in [1.165, 1.54) is 12.1 Å². The SMILES string of the molecule is O=C(COC(=O)CCN1C(=O)[C@H]2CC=CC[C@@H]2C1=O)Nc1cc(Cl)ccc1F. The van der Waals surface area contributed by atoms with Crippen LogP contribution in [0.4, 0.5) is 10.1 Å². The van der Waals surface area contributed by atoms with Crippen molar-refractivity contribution in [1.29, 1.82) is 0 Å². The molecule has 1 heterocycles. The minimum atomic E-state index is -0.740. The highest BCUT2D eigenvalue weighted by molar-refractivity contribution is 6.30. The van der Waals surface area contributed by atoms with Gasteiger partial charge in [0.15, 0.2) is 6.61 Å². The first-order valence-corrected chi connectivity index (χ1v) is 9.15. The molecular weight excluding hydrogens is 391 g/mol. The Labute approximate surface area is 165 Å². The van der Waals surface area contributed by atoms with E-state index in [1.807, 2.05) is 12.2 Å². The first-order valence-electron chi connectivity index (χ1n) is 8.77. The molecule has 1 aromatic carbocycles. The molecule has 1 fully saturated rings. The first kappa shape index (κ1) is 20.0.